The number of ether oxygens (including phenoxy) is 2. The fourth-order valence-electron chi connectivity index (χ4n) is 8.09. The summed E-state index contributed by atoms with van der Waals surface area (Å²) in [6, 6.07) is 5.61. The molecule has 2 aromatic carbocycles. The van der Waals surface area contributed by atoms with Crippen molar-refractivity contribution in [3.8, 4) is 35.4 Å². The van der Waals surface area contributed by atoms with E-state index >= 15 is 4.39 Å². The molecule has 13 heteroatoms. The minimum Gasteiger partial charge on any atom is -0.508 e. The first kappa shape index (κ1) is 31.6. The third kappa shape index (κ3) is 5.48. The first-order chi connectivity index (χ1) is 23.7. The van der Waals surface area contributed by atoms with Crippen molar-refractivity contribution in [2.24, 2.45) is 0 Å². The Morgan fingerprint density at radius 1 is 1.18 bits per heavy atom. The van der Waals surface area contributed by atoms with Crippen molar-refractivity contribution in [3.63, 3.8) is 0 Å². The number of halogens is 2. The smallest absolute Gasteiger partial charge is 0.319 e. The summed E-state index contributed by atoms with van der Waals surface area (Å²) in [7, 11) is 2.00. The number of fused-ring (bicyclic) bond motifs is 8. The molecular formula is C36H37F2N7O4. The molecule has 49 heavy (non-hydrogen) atoms. The van der Waals surface area contributed by atoms with Gasteiger partial charge in [-0.15, -0.1) is 6.42 Å². The van der Waals surface area contributed by atoms with E-state index in [-0.39, 0.29) is 70.0 Å². The number of hydrogen-bond donors (Lipinski definition) is 3. The van der Waals surface area contributed by atoms with E-state index in [4.69, 9.17) is 20.9 Å². The highest BCUT2D eigenvalue weighted by molar-refractivity contribution is 6.03. The molecule has 3 saturated heterocycles. The third-order valence-electron chi connectivity index (χ3n) is 10.7. The highest BCUT2D eigenvalue weighted by atomic mass is 19.1. The summed E-state index contributed by atoms with van der Waals surface area (Å²) in [5.41, 5.74) is -0.989. The van der Waals surface area contributed by atoms with Crippen LogP contribution < -0.4 is 20.3 Å². The van der Waals surface area contributed by atoms with Crippen LogP contribution in [0.3, 0.4) is 0 Å². The molecule has 0 saturated carbocycles. The molecule has 0 aliphatic carbocycles. The molecule has 3 atom stereocenters. The maximum Gasteiger partial charge on any atom is 0.319 e. The predicted octanol–water partition coefficient (Wildman–Crippen LogP) is 3.50. The van der Waals surface area contributed by atoms with Crippen LogP contribution in [0.5, 0.6) is 11.8 Å². The Bertz CT molecular complexity index is 2040. The predicted molar refractivity (Wildman–Crippen MR) is 179 cm³/mol. The number of rotatable bonds is 1. The zero-order valence-corrected chi connectivity index (χ0v) is 27.2. The number of aromatic hydroxyl groups is 1. The maximum atomic E-state index is 17.0. The molecule has 8 rings (SSSR count). The number of hydrogen-bond acceptors (Lipinski definition) is 10. The fourth-order valence-corrected chi connectivity index (χ4v) is 8.09. The van der Waals surface area contributed by atoms with E-state index in [0.29, 0.717) is 49.4 Å². The van der Waals surface area contributed by atoms with Gasteiger partial charge in [0, 0.05) is 49.2 Å². The highest BCUT2D eigenvalue weighted by Crippen LogP contribution is 2.40. The van der Waals surface area contributed by atoms with Crippen LogP contribution in [0, 0.1) is 24.0 Å². The number of nitrogens with one attached hydrogen (secondary N) is 2. The average Bonchev–Trinajstić information content (AvgIpc) is 3.61. The van der Waals surface area contributed by atoms with Gasteiger partial charge in [0.25, 0.3) is 0 Å². The number of likely N-dealkylation sites (N-methyl/N-ethyl adjacent to an activating group) is 1. The lowest BCUT2D eigenvalue weighted by atomic mass is 9.95. The first-order valence-electron chi connectivity index (χ1n) is 16.7. The van der Waals surface area contributed by atoms with Crippen LogP contribution in [0.1, 0.15) is 37.7 Å². The van der Waals surface area contributed by atoms with Gasteiger partial charge in [-0.25, -0.2) is 8.78 Å². The Morgan fingerprint density at radius 3 is 2.88 bits per heavy atom. The summed E-state index contributed by atoms with van der Waals surface area (Å²) >= 11 is 0. The second-order valence-corrected chi connectivity index (χ2v) is 13.8. The lowest BCUT2D eigenvalue weighted by Gasteiger charge is -2.42. The van der Waals surface area contributed by atoms with Gasteiger partial charge in [0.2, 0.25) is 5.91 Å². The van der Waals surface area contributed by atoms with Crippen LogP contribution in [0.4, 0.5) is 14.6 Å². The Hall–Kier alpha value is -4.64. The van der Waals surface area contributed by atoms with Crippen LogP contribution in [0.25, 0.3) is 32.9 Å². The van der Waals surface area contributed by atoms with Gasteiger partial charge in [-0.2, -0.15) is 9.97 Å². The minimum absolute atomic E-state index is 0.0102. The van der Waals surface area contributed by atoms with E-state index in [1.807, 2.05) is 7.05 Å². The van der Waals surface area contributed by atoms with E-state index < -0.39 is 17.2 Å². The van der Waals surface area contributed by atoms with E-state index in [1.165, 1.54) is 30.5 Å². The number of carbonyl (C=O) groups excluding carboxylic acids is 1. The van der Waals surface area contributed by atoms with Crippen molar-refractivity contribution in [2.45, 2.75) is 49.2 Å². The quantitative estimate of drug-likeness (QED) is 0.260. The number of likely N-dealkylation sites (tertiary alicyclic amines) is 1. The molecule has 0 radical (unpaired) electrons. The lowest BCUT2D eigenvalue weighted by molar-refractivity contribution is -0.123. The zero-order chi connectivity index (χ0) is 33.9. The number of nitrogens with zero attached hydrogens (tertiary/aromatic N) is 5. The Balaban J connectivity index is 1.30. The monoisotopic (exact) mass is 669 g/mol. The van der Waals surface area contributed by atoms with Crippen LogP contribution >= 0.6 is 0 Å². The van der Waals surface area contributed by atoms with Crippen molar-refractivity contribution in [3.05, 3.63) is 47.7 Å². The Morgan fingerprint density at radius 2 is 2.06 bits per heavy atom. The van der Waals surface area contributed by atoms with E-state index in [2.05, 4.69) is 36.3 Å². The van der Waals surface area contributed by atoms with Crippen LogP contribution in [-0.4, -0.2) is 101 Å². The summed E-state index contributed by atoms with van der Waals surface area (Å²) in [6.45, 7) is 3.21. The molecule has 11 nitrogen and oxygen atoms in total. The van der Waals surface area contributed by atoms with Crippen molar-refractivity contribution >= 4 is 33.4 Å². The van der Waals surface area contributed by atoms with E-state index in [0.717, 1.165) is 32.2 Å². The fraction of sp³-hybridized carbons (Fsp3) is 0.444. The van der Waals surface area contributed by atoms with Crippen LogP contribution in [-0.2, 0) is 9.53 Å². The summed E-state index contributed by atoms with van der Waals surface area (Å²) in [4.78, 5) is 31.1. The van der Waals surface area contributed by atoms with E-state index in [1.54, 1.807) is 0 Å². The SMILES string of the molecule is C#Cc1c(F)ccc2cc(O)cc(-c3ncc4c5nc(nc4c3F)OCC3(CCCN3C)CNC(=O)CCOCC34CCC(CN5C3)N4)c12. The number of phenols is 1. The molecule has 3 N–H and O–H groups in total. The molecule has 2 aromatic heterocycles. The van der Waals surface area contributed by atoms with Gasteiger partial charge in [-0.05, 0) is 62.9 Å². The number of pyridine rings is 1. The van der Waals surface area contributed by atoms with Crippen molar-refractivity contribution in [2.75, 3.05) is 57.9 Å². The molecule has 5 bridgehead atoms. The molecule has 254 valence electrons. The molecule has 4 aliphatic heterocycles. The van der Waals surface area contributed by atoms with Gasteiger partial charge >= 0.3 is 6.01 Å². The number of amides is 1. The average molecular weight is 670 g/mol. The largest absolute Gasteiger partial charge is 0.508 e. The second-order valence-electron chi connectivity index (χ2n) is 13.8. The van der Waals surface area contributed by atoms with Gasteiger partial charge in [-0.1, -0.05) is 12.0 Å². The van der Waals surface area contributed by atoms with Gasteiger partial charge < -0.3 is 30.1 Å². The molecular weight excluding hydrogens is 632 g/mol. The number of terminal acetylenes is 1. The van der Waals surface area contributed by atoms with Gasteiger partial charge in [0.15, 0.2) is 5.82 Å². The molecule has 1 amide bonds. The van der Waals surface area contributed by atoms with Crippen molar-refractivity contribution < 1.29 is 28.2 Å². The summed E-state index contributed by atoms with van der Waals surface area (Å²) < 4.78 is 44.4. The Kier molecular flexibility index (Phi) is 7.77. The van der Waals surface area contributed by atoms with Crippen molar-refractivity contribution in [1.29, 1.82) is 0 Å². The number of carbonyl (C=O) groups is 1. The zero-order valence-electron chi connectivity index (χ0n) is 27.2. The summed E-state index contributed by atoms with van der Waals surface area (Å²) in [5.74, 6) is 1.20. The lowest BCUT2D eigenvalue weighted by Crippen LogP contribution is -2.62. The topological polar surface area (TPSA) is 125 Å². The summed E-state index contributed by atoms with van der Waals surface area (Å²) in [6.07, 6.45) is 11.0. The molecule has 6 heterocycles. The number of benzene rings is 2. The number of piperazine rings is 1. The number of aromatic nitrogens is 3. The maximum absolute atomic E-state index is 17.0. The van der Waals surface area contributed by atoms with Gasteiger partial charge in [0.1, 0.15) is 35.2 Å². The molecule has 3 fully saturated rings. The van der Waals surface area contributed by atoms with Gasteiger partial charge in [-0.3, -0.25) is 14.7 Å². The molecule has 2 spiro atoms. The number of anilines is 1. The second kappa shape index (κ2) is 12.0. The van der Waals surface area contributed by atoms with Crippen LogP contribution in [0.15, 0.2) is 30.5 Å². The summed E-state index contributed by atoms with van der Waals surface area (Å²) in [5, 5.41) is 18.5. The van der Waals surface area contributed by atoms with Crippen LogP contribution in [0.2, 0.25) is 0 Å². The minimum atomic E-state index is -0.782. The molecule has 3 unspecified atom stereocenters. The van der Waals surface area contributed by atoms with Gasteiger partial charge in [0.05, 0.1) is 35.2 Å². The van der Waals surface area contributed by atoms with Crippen molar-refractivity contribution in [1.82, 2.24) is 30.5 Å². The normalized spacial score (nSPS) is 26.2. The van der Waals surface area contributed by atoms with E-state index in [9.17, 15) is 14.3 Å². The third-order valence-corrected chi connectivity index (χ3v) is 10.7. The Labute approximate surface area is 282 Å². The standard InChI is InChI=1S/C36H37F2N7O4/c1-3-24-27(37)6-5-21-13-23(46)14-25(29(21)24)31-30(38)32-26(15-39-31)33-42-34(41-32)49-20-36(9-4-11-44(36)2)17-40-28(47)8-12-48-19-35-10-7-22(43-35)16-45(33)18-35/h1,5-6,13-15,22,43,46H,4,7-12,16-20H2,2H3,(H,40,47). The highest BCUT2D eigenvalue weighted by Gasteiger charge is 2.46. The molecule has 4 aliphatic rings. The number of phenolic OH excluding ortho intramolecular Hbond substituents is 1. The first-order valence-corrected chi connectivity index (χ1v) is 16.7. The molecule has 4 aromatic rings.